The number of hydrogen-bond donors (Lipinski definition) is 2. The number of amides is 2. The number of benzene rings is 2. The third kappa shape index (κ3) is 3.86. The number of fused-ring (bicyclic) bond motifs is 1. The van der Waals surface area contributed by atoms with Crippen molar-refractivity contribution in [1.82, 2.24) is 10.0 Å². The van der Waals surface area contributed by atoms with Crippen LogP contribution in [0.5, 0.6) is 0 Å². The van der Waals surface area contributed by atoms with Gasteiger partial charge in [-0.15, -0.1) is 0 Å². The maximum absolute atomic E-state index is 12.4. The summed E-state index contributed by atoms with van der Waals surface area (Å²) in [5, 5.41) is 2.78. The highest BCUT2D eigenvalue weighted by atomic mass is 32.2. The van der Waals surface area contributed by atoms with Gasteiger partial charge in [-0.05, 0) is 24.3 Å². The maximum atomic E-state index is 12.4. The van der Waals surface area contributed by atoms with E-state index in [1.807, 2.05) is 30.3 Å². The largest absolute Gasteiger partial charge is 0.354 e. The molecular formula is C20H20N4O4S. The van der Waals surface area contributed by atoms with Crippen molar-refractivity contribution < 1.29 is 18.0 Å². The van der Waals surface area contributed by atoms with E-state index < -0.39 is 15.9 Å². The molecule has 29 heavy (non-hydrogen) atoms. The Morgan fingerprint density at radius 3 is 2.66 bits per heavy atom. The number of aliphatic imine (C=N–C) groups is 1. The lowest BCUT2D eigenvalue weighted by Crippen LogP contribution is -2.34. The highest BCUT2D eigenvalue weighted by molar-refractivity contribution is 7.90. The van der Waals surface area contributed by atoms with Gasteiger partial charge in [-0.25, -0.2) is 8.42 Å². The number of para-hydroxylation sites is 1. The molecule has 0 radical (unpaired) electrons. The predicted octanol–water partition coefficient (Wildman–Crippen LogP) is 0.894. The molecule has 0 aliphatic carbocycles. The van der Waals surface area contributed by atoms with Gasteiger partial charge in [0.25, 0.3) is 10.0 Å². The van der Waals surface area contributed by atoms with Crippen LogP contribution in [0.3, 0.4) is 0 Å². The molecule has 2 N–H and O–H groups in total. The zero-order valence-corrected chi connectivity index (χ0v) is 16.4. The number of anilines is 1. The van der Waals surface area contributed by atoms with Gasteiger partial charge in [0.15, 0.2) is 0 Å². The molecule has 0 bridgehead atoms. The Bertz CT molecular complexity index is 1080. The van der Waals surface area contributed by atoms with Crippen molar-refractivity contribution in [1.29, 1.82) is 0 Å². The van der Waals surface area contributed by atoms with Crippen LogP contribution < -0.4 is 14.9 Å². The Morgan fingerprint density at radius 2 is 1.86 bits per heavy atom. The Labute approximate surface area is 168 Å². The molecule has 1 fully saturated rings. The average Bonchev–Trinajstić information content (AvgIpc) is 3.23. The van der Waals surface area contributed by atoms with E-state index in [1.54, 1.807) is 23.1 Å². The van der Waals surface area contributed by atoms with Gasteiger partial charge in [0, 0.05) is 30.8 Å². The highest BCUT2D eigenvalue weighted by Crippen LogP contribution is 2.25. The third-order valence-corrected chi connectivity index (χ3v) is 6.30. The summed E-state index contributed by atoms with van der Waals surface area (Å²) in [6.07, 6.45) is 0.169. The summed E-state index contributed by atoms with van der Waals surface area (Å²) in [6.45, 7) is 0.819. The number of rotatable bonds is 5. The zero-order valence-electron chi connectivity index (χ0n) is 15.5. The Morgan fingerprint density at radius 1 is 1.14 bits per heavy atom. The first-order valence-electron chi connectivity index (χ1n) is 9.25. The molecule has 2 aliphatic heterocycles. The lowest BCUT2D eigenvalue weighted by molar-refractivity contribution is -0.126. The Kier molecular flexibility index (Phi) is 5.06. The maximum Gasteiger partial charge on any atom is 0.263 e. The fourth-order valence-electron chi connectivity index (χ4n) is 3.48. The van der Waals surface area contributed by atoms with Gasteiger partial charge in [0.1, 0.15) is 5.84 Å². The van der Waals surface area contributed by atoms with E-state index in [-0.39, 0.29) is 42.1 Å². The lowest BCUT2D eigenvalue weighted by atomic mass is 10.1. The van der Waals surface area contributed by atoms with Gasteiger partial charge in [0.2, 0.25) is 11.8 Å². The number of hydrogen-bond acceptors (Lipinski definition) is 5. The molecule has 2 amide bonds. The van der Waals surface area contributed by atoms with Crippen molar-refractivity contribution >= 4 is 33.4 Å². The molecule has 2 aromatic rings. The summed E-state index contributed by atoms with van der Waals surface area (Å²) in [7, 11) is -3.57. The third-order valence-electron chi connectivity index (χ3n) is 4.91. The molecule has 9 heteroatoms. The minimum atomic E-state index is -3.57. The van der Waals surface area contributed by atoms with Gasteiger partial charge in [-0.3, -0.25) is 19.3 Å². The molecule has 2 heterocycles. The SMILES string of the molecule is O=C(NCCN=C1NS(=O)(=O)c2ccccc21)[C@@H]1CC(=O)N(c2ccccc2)C1. The fraction of sp³-hybridized carbons (Fsp3) is 0.250. The molecule has 0 aromatic heterocycles. The van der Waals surface area contributed by atoms with E-state index in [9.17, 15) is 18.0 Å². The summed E-state index contributed by atoms with van der Waals surface area (Å²) in [6, 6.07) is 15.9. The quantitative estimate of drug-likeness (QED) is 0.711. The van der Waals surface area contributed by atoms with Gasteiger partial charge in [0.05, 0.1) is 17.4 Å². The minimum Gasteiger partial charge on any atom is -0.354 e. The van der Waals surface area contributed by atoms with Crippen LogP contribution in [0.15, 0.2) is 64.5 Å². The van der Waals surface area contributed by atoms with Crippen LogP contribution in [0.1, 0.15) is 12.0 Å². The second kappa shape index (κ2) is 7.67. The molecule has 150 valence electrons. The number of nitrogens with one attached hydrogen (secondary N) is 2. The Hall–Kier alpha value is -3.20. The summed E-state index contributed by atoms with van der Waals surface area (Å²) in [5.41, 5.74) is 1.31. The summed E-state index contributed by atoms with van der Waals surface area (Å²) < 4.78 is 26.5. The summed E-state index contributed by atoms with van der Waals surface area (Å²) >= 11 is 0. The monoisotopic (exact) mass is 412 g/mol. The van der Waals surface area contributed by atoms with Crippen LogP contribution in [0.2, 0.25) is 0 Å². The smallest absolute Gasteiger partial charge is 0.263 e. The van der Waals surface area contributed by atoms with Crippen molar-refractivity contribution in [3.05, 3.63) is 60.2 Å². The summed E-state index contributed by atoms with van der Waals surface area (Å²) in [4.78, 5) is 30.7. The molecule has 0 spiro atoms. The lowest BCUT2D eigenvalue weighted by Gasteiger charge is -2.16. The number of nitrogens with zero attached hydrogens (tertiary/aromatic N) is 2. The van der Waals surface area contributed by atoms with Gasteiger partial charge < -0.3 is 10.2 Å². The van der Waals surface area contributed by atoms with Crippen LogP contribution >= 0.6 is 0 Å². The van der Waals surface area contributed by atoms with E-state index in [1.165, 1.54) is 6.07 Å². The second-order valence-electron chi connectivity index (χ2n) is 6.86. The van der Waals surface area contributed by atoms with E-state index in [2.05, 4.69) is 15.0 Å². The number of sulfonamides is 1. The highest BCUT2D eigenvalue weighted by Gasteiger charge is 2.35. The van der Waals surface area contributed by atoms with E-state index in [0.29, 0.717) is 12.1 Å². The normalized spacial score (nSPS) is 21.1. The van der Waals surface area contributed by atoms with Gasteiger partial charge >= 0.3 is 0 Å². The fourth-order valence-corrected chi connectivity index (χ4v) is 4.73. The van der Waals surface area contributed by atoms with Gasteiger partial charge in [-0.1, -0.05) is 30.3 Å². The first kappa shape index (κ1) is 19.1. The zero-order chi connectivity index (χ0) is 20.4. The second-order valence-corrected chi connectivity index (χ2v) is 8.51. The Balaban J connectivity index is 1.32. The summed E-state index contributed by atoms with van der Waals surface area (Å²) in [5.74, 6) is -0.417. The van der Waals surface area contributed by atoms with Crippen LogP contribution in [0.4, 0.5) is 5.69 Å². The molecule has 2 aliphatic rings. The molecule has 8 nitrogen and oxygen atoms in total. The van der Waals surface area contributed by atoms with E-state index >= 15 is 0 Å². The number of carbonyl (C=O) groups excluding carboxylic acids is 2. The van der Waals surface area contributed by atoms with Gasteiger partial charge in [-0.2, -0.15) is 0 Å². The van der Waals surface area contributed by atoms with Crippen molar-refractivity contribution in [2.75, 3.05) is 24.5 Å². The molecule has 2 aromatic carbocycles. The molecular weight excluding hydrogens is 392 g/mol. The van der Waals surface area contributed by atoms with Crippen molar-refractivity contribution in [2.24, 2.45) is 10.9 Å². The first-order valence-corrected chi connectivity index (χ1v) is 10.7. The number of carbonyl (C=O) groups is 2. The molecule has 1 atom stereocenters. The van der Waals surface area contributed by atoms with Crippen molar-refractivity contribution in [3.8, 4) is 0 Å². The standard InChI is InChI=1S/C20H20N4O4S/c25-18-12-14(13-24(18)15-6-2-1-3-7-15)20(26)22-11-10-21-19-16-8-4-5-9-17(16)29(27,28)23-19/h1-9,14H,10-13H2,(H,21,23)(H,22,26)/t14-/m1/s1. The van der Waals surface area contributed by atoms with E-state index in [4.69, 9.17) is 0 Å². The minimum absolute atomic E-state index is 0.0754. The van der Waals surface area contributed by atoms with Crippen LogP contribution in [0.25, 0.3) is 0 Å². The molecule has 0 saturated carbocycles. The van der Waals surface area contributed by atoms with Crippen LogP contribution in [0, 0.1) is 5.92 Å². The van der Waals surface area contributed by atoms with E-state index in [0.717, 1.165) is 5.69 Å². The topological polar surface area (TPSA) is 108 Å². The average molecular weight is 412 g/mol. The van der Waals surface area contributed by atoms with Crippen molar-refractivity contribution in [3.63, 3.8) is 0 Å². The predicted molar refractivity (Wildman–Crippen MR) is 108 cm³/mol. The van der Waals surface area contributed by atoms with Crippen LogP contribution in [-0.2, 0) is 19.6 Å². The molecule has 4 rings (SSSR count). The first-order chi connectivity index (χ1) is 14.0. The van der Waals surface area contributed by atoms with Crippen LogP contribution in [-0.4, -0.2) is 45.7 Å². The molecule has 0 unspecified atom stereocenters. The molecule has 1 saturated heterocycles. The van der Waals surface area contributed by atoms with Crippen molar-refractivity contribution in [2.45, 2.75) is 11.3 Å². The number of amidine groups is 1.